The van der Waals surface area contributed by atoms with Gasteiger partial charge >= 0.3 is 6.03 Å². The predicted octanol–water partition coefficient (Wildman–Crippen LogP) is 1.70. The molecule has 0 unspecified atom stereocenters. The van der Waals surface area contributed by atoms with Gasteiger partial charge in [-0.1, -0.05) is 25.5 Å². The van der Waals surface area contributed by atoms with Crippen LogP contribution in [-0.2, 0) is 4.79 Å². The van der Waals surface area contributed by atoms with Gasteiger partial charge in [-0.25, -0.2) is 4.79 Å². The van der Waals surface area contributed by atoms with E-state index in [1.807, 2.05) is 0 Å². The molecule has 1 atom stereocenters. The second-order valence-corrected chi connectivity index (χ2v) is 6.32. The van der Waals surface area contributed by atoms with E-state index < -0.39 is 6.04 Å². The average molecular weight is 279 g/mol. The molecule has 0 bridgehead atoms. The minimum atomic E-state index is -0.391. The van der Waals surface area contributed by atoms with Crippen molar-refractivity contribution in [2.24, 2.45) is 5.41 Å². The molecule has 0 aromatic rings. The van der Waals surface area contributed by atoms with Crippen LogP contribution >= 0.6 is 0 Å². The number of carbonyl (C=O) groups is 2. The first-order valence-electron chi connectivity index (χ1n) is 7.50. The number of rotatable bonds is 4. The quantitative estimate of drug-likeness (QED) is 0.686. The molecule has 0 radical (unpaired) electrons. The maximum absolute atomic E-state index is 11.9. The Kier molecular flexibility index (Phi) is 4.68. The van der Waals surface area contributed by atoms with Crippen molar-refractivity contribution in [1.29, 1.82) is 0 Å². The first kappa shape index (κ1) is 14.9. The molecule has 3 N–H and O–H groups in total. The molecule has 3 amide bonds. The second-order valence-electron chi connectivity index (χ2n) is 6.32. The summed E-state index contributed by atoms with van der Waals surface area (Å²) in [6, 6.07) is -0.642. The normalized spacial score (nSPS) is 23.0. The topological polar surface area (TPSA) is 70.2 Å². The smallest absolute Gasteiger partial charge is 0.315 e. The molecule has 1 aliphatic carbocycles. The van der Waals surface area contributed by atoms with Crippen LogP contribution in [0.2, 0.25) is 0 Å². The number of allylic oxidation sites excluding steroid dienone is 1. The Morgan fingerprint density at radius 1 is 1.45 bits per heavy atom. The Balaban J connectivity index is 1.78. The number of hydrogen-bond acceptors (Lipinski definition) is 2. The highest BCUT2D eigenvalue weighted by Gasteiger charge is 2.27. The molecule has 0 saturated carbocycles. The van der Waals surface area contributed by atoms with E-state index in [2.05, 4.69) is 35.9 Å². The average Bonchev–Trinajstić information content (AvgIpc) is 2.94. The summed E-state index contributed by atoms with van der Waals surface area (Å²) in [5.41, 5.74) is 1.41. The van der Waals surface area contributed by atoms with Crippen molar-refractivity contribution >= 4 is 11.9 Å². The second kappa shape index (κ2) is 6.29. The largest absolute Gasteiger partial charge is 0.354 e. The van der Waals surface area contributed by atoms with Gasteiger partial charge in [-0.2, -0.15) is 0 Å². The molecule has 0 aromatic heterocycles. The van der Waals surface area contributed by atoms with Crippen molar-refractivity contribution in [3.63, 3.8) is 0 Å². The Bertz CT molecular complexity index is 415. The van der Waals surface area contributed by atoms with Crippen LogP contribution in [0.1, 0.15) is 46.0 Å². The fourth-order valence-electron chi connectivity index (χ4n) is 2.82. The van der Waals surface area contributed by atoms with Gasteiger partial charge < -0.3 is 16.0 Å². The van der Waals surface area contributed by atoms with Crippen LogP contribution < -0.4 is 16.0 Å². The third-order valence-electron chi connectivity index (χ3n) is 4.19. The number of amides is 3. The van der Waals surface area contributed by atoms with Crippen molar-refractivity contribution < 1.29 is 9.59 Å². The fourth-order valence-corrected chi connectivity index (χ4v) is 2.82. The molecule has 1 heterocycles. The summed E-state index contributed by atoms with van der Waals surface area (Å²) >= 11 is 0. The van der Waals surface area contributed by atoms with Gasteiger partial charge in [0.1, 0.15) is 6.04 Å². The van der Waals surface area contributed by atoms with Crippen molar-refractivity contribution in [3.05, 3.63) is 11.6 Å². The Hall–Kier alpha value is -1.52. The Morgan fingerprint density at radius 2 is 2.25 bits per heavy atom. The van der Waals surface area contributed by atoms with Gasteiger partial charge in [-0.15, -0.1) is 0 Å². The minimum Gasteiger partial charge on any atom is -0.354 e. The highest BCUT2D eigenvalue weighted by molar-refractivity contribution is 5.87. The summed E-state index contributed by atoms with van der Waals surface area (Å²) in [5, 5.41) is 8.41. The number of carbonyl (C=O) groups excluding carboxylic acids is 2. The van der Waals surface area contributed by atoms with E-state index in [4.69, 9.17) is 0 Å². The summed E-state index contributed by atoms with van der Waals surface area (Å²) < 4.78 is 0. The van der Waals surface area contributed by atoms with Crippen LogP contribution in [0.4, 0.5) is 4.79 Å². The molecule has 0 aromatic carbocycles. The summed E-state index contributed by atoms with van der Waals surface area (Å²) in [5.74, 6) is -0.0795. The van der Waals surface area contributed by atoms with Gasteiger partial charge in [0, 0.05) is 18.5 Å². The molecule has 2 rings (SSSR count). The number of piperidine rings is 1. The lowest BCUT2D eigenvalue weighted by Gasteiger charge is -2.28. The molecule has 2 aliphatic rings. The highest BCUT2D eigenvalue weighted by atomic mass is 16.2. The van der Waals surface area contributed by atoms with E-state index in [0.29, 0.717) is 19.5 Å². The maximum Gasteiger partial charge on any atom is 0.315 e. The van der Waals surface area contributed by atoms with Crippen LogP contribution in [-0.4, -0.2) is 31.1 Å². The van der Waals surface area contributed by atoms with Crippen LogP contribution in [0.25, 0.3) is 0 Å². The molecular weight excluding hydrogens is 254 g/mol. The minimum absolute atomic E-state index is 0.0112. The van der Waals surface area contributed by atoms with E-state index in [1.165, 1.54) is 12.0 Å². The first-order chi connectivity index (χ1) is 9.49. The predicted molar refractivity (Wildman–Crippen MR) is 78.3 cm³/mol. The third kappa shape index (κ3) is 3.74. The Morgan fingerprint density at radius 3 is 2.90 bits per heavy atom. The number of nitrogens with one attached hydrogen (secondary N) is 3. The lowest BCUT2D eigenvalue weighted by atomic mass is 9.83. The zero-order valence-corrected chi connectivity index (χ0v) is 12.4. The van der Waals surface area contributed by atoms with E-state index >= 15 is 0 Å². The van der Waals surface area contributed by atoms with Gasteiger partial charge in [0.2, 0.25) is 5.91 Å². The zero-order valence-electron chi connectivity index (χ0n) is 12.4. The van der Waals surface area contributed by atoms with Gasteiger partial charge in [0.05, 0.1) is 0 Å². The van der Waals surface area contributed by atoms with Gasteiger partial charge in [0.25, 0.3) is 0 Å². The van der Waals surface area contributed by atoms with E-state index in [-0.39, 0.29) is 17.4 Å². The van der Waals surface area contributed by atoms with Gasteiger partial charge in [-0.3, -0.25) is 4.79 Å². The van der Waals surface area contributed by atoms with Crippen molar-refractivity contribution in [3.8, 4) is 0 Å². The highest BCUT2D eigenvalue weighted by Crippen LogP contribution is 2.33. The summed E-state index contributed by atoms with van der Waals surface area (Å²) in [6.07, 6.45) is 7.40. The number of urea groups is 1. The molecule has 5 heteroatoms. The van der Waals surface area contributed by atoms with E-state index in [1.54, 1.807) is 0 Å². The number of hydrogen-bond donors (Lipinski definition) is 3. The first-order valence-corrected chi connectivity index (χ1v) is 7.50. The molecule has 5 nitrogen and oxygen atoms in total. The van der Waals surface area contributed by atoms with Crippen molar-refractivity contribution in [2.45, 2.75) is 52.0 Å². The summed E-state index contributed by atoms with van der Waals surface area (Å²) in [4.78, 5) is 23.5. The molecule has 1 saturated heterocycles. The van der Waals surface area contributed by atoms with Crippen molar-refractivity contribution in [2.75, 3.05) is 13.1 Å². The Labute approximate surface area is 120 Å². The van der Waals surface area contributed by atoms with Crippen LogP contribution in [0.5, 0.6) is 0 Å². The fraction of sp³-hybridized carbons (Fsp3) is 0.733. The molecule has 112 valence electrons. The van der Waals surface area contributed by atoms with E-state index in [0.717, 1.165) is 19.3 Å². The molecular formula is C15H25N3O2. The lowest BCUT2D eigenvalue weighted by molar-refractivity contribution is -0.124. The SMILES string of the molecule is CC(C)(CNC(=O)N[C@H]1CCCNC1=O)C1=CCCC1. The van der Waals surface area contributed by atoms with Gasteiger partial charge in [0.15, 0.2) is 0 Å². The van der Waals surface area contributed by atoms with Gasteiger partial charge in [-0.05, 0) is 32.1 Å². The van der Waals surface area contributed by atoms with Crippen LogP contribution in [0.15, 0.2) is 11.6 Å². The molecule has 1 aliphatic heterocycles. The van der Waals surface area contributed by atoms with Crippen LogP contribution in [0, 0.1) is 5.41 Å². The third-order valence-corrected chi connectivity index (χ3v) is 4.19. The standard InChI is InChI=1S/C15H25N3O2/c1-15(2,11-6-3-4-7-11)10-17-14(20)18-12-8-5-9-16-13(12)19/h6,12H,3-5,7-10H2,1-2H3,(H,16,19)(H2,17,18,20)/t12-/m0/s1. The van der Waals surface area contributed by atoms with Crippen LogP contribution in [0.3, 0.4) is 0 Å². The molecule has 0 spiro atoms. The van der Waals surface area contributed by atoms with Crippen molar-refractivity contribution in [1.82, 2.24) is 16.0 Å². The maximum atomic E-state index is 11.9. The monoisotopic (exact) mass is 279 g/mol. The lowest BCUT2D eigenvalue weighted by Crippen LogP contribution is -2.53. The molecule has 1 fully saturated rings. The molecule has 20 heavy (non-hydrogen) atoms. The summed E-state index contributed by atoms with van der Waals surface area (Å²) in [7, 11) is 0. The van der Waals surface area contributed by atoms with E-state index in [9.17, 15) is 9.59 Å². The zero-order chi connectivity index (χ0) is 14.6. The summed E-state index contributed by atoms with van der Waals surface area (Å²) in [6.45, 7) is 5.61.